The number of nitro groups is 1. The van der Waals surface area contributed by atoms with Crippen LogP contribution in [0.5, 0.6) is 0 Å². The Hall–Kier alpha value is -2.28. The first kappa shape index (κ1) is 25.8. The van der Waals surface area contributed by atoms with E-state index in [1.54, 1.807) is 6.92 Å². The zero-order valence-electron chi connectivity index (χ0n) is 15.4. The van der Waals surface area contributed by atoms with E-state index in [9.17, 15) is 36.1 Å². The molecule has 0 spiro atoms. The zero-order chi connectivity index (χ0) is 22.0. The Morgan fingerprint density at radius 1 is 1.20 bits per heavy atom. The normalized spacial score (nSPS) is 12.9. The first-order chi connectivity index (χ1) is 13.4. The molecule has 0 saturated heterocycles. The minimum atomic E-state index is -4.88. The van der Waals surface area contributed by atoms with Crippen LogP contribution in [0.1, 0.15) is 29.7 Å². The van der Waals surface area contributed by atoms with Crippen LogP contribution in [0.15, 0.2) is 41.3 Å². The molecule has 0 saturated carbocycles. The summed E-state index contributed by atoms with van der Waals surface area (Å²) in [6, 6.07) is 4.10. The molecule has 0 aromatic heterocycles. The standard InChI is InChI=1S/C17H17F4N3O4S.ClH/c1-2-23-29(27,28)16-6-4-12(24(25)26)7-11(16)9-15(22)10-3-5-13(14(18)8-10)17(19,20)21;/h3-8,15,23H,2,9,22H2,1H3;1H/t15-;/m0./s1. The van der Waals surface area contributed by atoms with Gasteiger partial charge in [-0.1, -0.05) is 13.0 Å². The Balaban J connectivity index is 0.00000450. The lowest BCUT2D eigenvalue weighted by Gasteiger charge is -2.17. The van der Waals surface area contributed by atoms with Gasteiger partial charge in [-0.15, -0.1) is 12.4 Å². The quantitative estimate of drug-likeness (QED) is 0.363. The highest BCUT2D eigenvalue weighted by atomic mass is 35.5. The molecule has 2 rings (SSSR count). The molecule has 0 fully saturated rings. The van der Waals surface area contributed by atoms with E-state index in [1.165, 1.54) is 0 Å². The average molecular weight is 472 g/mol. The Labute approximate surface area is 175 Å². The van der Waals surface area contributed by atoms with Crippen molar-refractivity contribution in [3.05, 3.63) is 69.0 Å². The predicted octanol–water partition coefficient (Wildman–Crippen LogP) is 3.72. The molecule has 0 aliphatic carbocycles. The van der Waals surface area contributed by atoms with Crippen molar-refractivity contribution >= 4 is 28.1 Å². The van der Waals surface area contributed by atoms with E-state index in [-0.39, 0.29) is 47.1 Å². The zero-order valence-corrected chi connectivity index (χ0v) is 17.1. The first-order valence-corrected chi connectivity index (χ1v) is 9.74. The molecule has 1 atom stereocenters. The number of hydrogen-bond donors (Lipinski definition) is 2. The van der Waals surface area contributed by atoms with Crippen molar-refractivity contribution in [1.82, 2.24) is 4.72 Å². The van der Waals surface area contributed by atoms with Gasteiger partial charge < -0.3 is 5.73 Å². The molecule has 0 aliphatic heterocycles. The van der Waals surface area contributed by atoms with Crippen molar-refractivity contribution in [2.75, 3.05) is 6.54 Å². The summed E-state index contributed by atoms with van der Waals surface area (Å²) in [6.07, 6.45) is -5.16. The lowest BCUT2D eigenvalue weighted by molar-refractivity contribution is -0.385. The van der Waals surface area contributed by atoms with Crippen LogP contribution in [0.3, 0.4) is 0 Å². The number of nitro benzene ring substituents is 1. The van der Waals surface area contributed by atoms with Gasteiger partial charge in [-0.2, -0.15) is 13.2 Å². The Morgan fingerprint density at radius 2 is 1.83 bits per heavy atom. The molecule has 2 aromatic carbocycles. The fourth-order valence-corrected chi connectivity index (χ4v) is 3.99. The van der Waals surface area contributed by atoms with E-state index >= 15 is 0 Å². The van der Waals surface area contributed by atoms with Crippen LogP contribution in [-0.2, 0) is 22.6 Å². The summed E-state index contributed by atoms with van der Waals surface area (Å²) in [5, 5.41) is 11.0. The van der Waals surface area contributed by atoms with Gasteiger partial charge in [-0.3, -0.25) is 10.1 Å². The van der Waals surface area contributed by atoms with Gasteiger partial charge in [0, 0.05) is 24.7 Å². The van der Waals surface area contributed by atoms with Crippen molar-refractivity contribution in [2.24, 2.45) is 5.73 Å². The highest BCUT2D eigenvalue weighted by Crippen LogP contribution is 2.33. The Morgan fingerprint density at radius 3 is 2.33 bits per heavy atom. The van der Waals surface area contributed by atoms with Gasteiger partial charge in [0.25, 0.3) is 5.69 Å². The van der Waals surface area contributed by atoms with Crippen LogP contribution < -0.4 is 10.5 Å². The van der Waals surface area contributed by atoms with E-state index in [2.05, 4.69) is 4.72 Å². The minimum Gasteiger partial charge on any atom is -0.324 e. The molecule has 0 heterocycles. The molecule has 0 radical (unpaired) electrons. The van der Waals surface area contributed by atoms with Gasteiger partial charge in [0.05, 0.1) is 15.4 Å². The second-order valence-corrected chi connectivity index (χ2v) is 7.83. The maximum Gasteiger partial charge on any atom is 0.419 e. The number of sulfonamides is 1. The average Bonchev–Trinajstić information content (AvgIpc) is 2.60. The summed E-state index contributed by atoms with van der Waals surface area (Å²) in [6.45, 7) is 1.61. The lowest BCUT2D eigenvalue weighted by Crippen LogP contribution is -2.25. The summed E-state index contributed by atoms with van der Waals surface area (Å²) < 4.78 is 78.9. The number of halogens is 5. The lowest BCUT2D eigenvalue weighted by atomic mass is 9.98. The monoisotopic (exact) mass is 471 g/mol. The fourth-order valence-electron chi connectivity index (χ4n) is 2.72. The number of non-ortho nitro benzene ring substituents is 1. The third-order valence-corrected chi connectivity index (χ3v) is 5.69. The van der Waals surface area contributed by atoms with Crippen LogP contribution >= 0.6 is 12.4 Å². The number of alkyl halides is 3. The Bertz CT molecular complexity index is 1030. The molecule has 2 aromatic rings. The van der Waals surface area contributed by atoms with E-state index in [0.29, 0.717) is 12.1 Å². The van der Waals surface area contributed by atoms with Crippen LogP contribution in [-0.4, -0.2) is 19.9 Å². The third kappa shape index (κ3) is 5.88. The molecule has 7 nitrogen and oxygen atoms in total. The largest absolute Gasteiger partial charge is 0.419 e. The molecular weight excluding hydrogens is 454 g/mol. The van der Waals surface area contributed by atoms with E-state index in [1.807, 2.05) is 0 Å². The van der Waals surface area contributed by atoms with Crippen molar-refractivity contribution in [3.8, 4) is 0 Å². The minimum absolute atomic E-state index is 0. The van der Waals surface area contributed by atoms with Crippen molar-refractivity contribution in [2.45, 2.75) is 30.5 Å². The smallest absolute Gasteiger partial charge is 0.324 e. The number of nitrogens with zero attached hydrogens (tertiary/aromatic N) is 1. The highest BCUT2D eigenvalue weighted by molar-refractivity contribution is 7.89. The SMILES string of the molecule is CCNS(=O)(=O)c1ccc([N+](=O)[O-])cc1C[C@H](N)c1ccc(C(F)(F)F)c(F)c1.Cl. The second kappa shape index (κ2) is 9.69. The fraction of sp³-hybridized carbons (Fsp3) is 0.294. The van der Waals surface area contributed by atoms with Gasteiger partial charge >= 0.3 is 6.18 Å². The second-order valence-electron chi connectivity index (χ2n) is 6.10. The van der Waals surface area contributed by atoms with E-state index < -0.39 is 38.5 Å². The maximum atomic E-state index is 13.8. The summed E-state index contributed by atoms with van der Waals surface area (Å²) in [7, 11) is -4.00. The molecule has 0 aliphatic rings. The number of benzene rings is 2. The van der Waals surface area contributed by atoms with Crippen LogP contribution in [0.4, 0.5) is 23.2 Å². The van der Waals surface area contributed by atoms with Gasteiger partial charge in [0.2, 0.25) is 10.0 Å². The number of rotatable bonds is 7. The maximum absolute atomic E-state index is 13.8. The molecule has 13 heteroatoms. The molecule has 3 N–H and O–H groups in total. The number of nitrogens with one attached hydrogen (secondary N) is 1. The summed E-state index contributed by atoms with van der Waals surface area (Å²) in [5.41, 5.74) is 4.05. The summed E-state index contributed by atoms with van der Waals surface area (Å²) >= 11 is 0. The number of hydrogen-bond acceptors (Lipinski definition) is 5. The molecule has 0 amide bonds. The van der Waals surface area contributed by atoms with Crippen LogP contribution in [0, 0.1) is 15.9 Å². The summed E-state index contributed by atoms with van der Waals surface area (Å²) in [5.74, 6) is -1.52. The van der Waals surface area contributed by atoms with Crippen LogP contribution in [0.2, 0.25) is 0 Å². The Kier molecular flexibility index (Phi) is 8.32. The van der Waals surface area contributed by atoms with Crippen molar-refractivity contribution in [3.63, 3.8) is 0 Å². The molecular formula is C17H18ClF4N3O4S. The molecule has 30 heavy (non-hydrogen) atoms. The first-order valence-electron chi connectivity index (χ1n) is 8.26. The third-order valence-electron chi connectivity index (χ3n) is 4.05. The topological polar surface area (TPSA) is 115 Å². The van der Waals surface area contributed by atoms with Crippen molar-refractivity contribution in [1.29, 1.82) is 0 Å². The van der Waals surface area contributed by atoms with E-state index in [4.69, 9.17) is 5.73 Å². The molecule has 0 bridgehead atoms. The van der Waals surface area contributed by atoms with Crippen molar-refractivity contribution < 1.29 is 30.9 Å². The highest BCUT2D eigenvalue weighted by Gasteiger charge is 2.34. The predicted molar refractivity (Wildman–Crippen MR) is 103 cm³/mol. The molecule has 166 valence electrons. The number of nitrogens with two attached hydrogens (primary N) is 1. The van der Waals surface area contributed by atoms with Gasteiger partial charge in [0.15, 0.2) is 0 Å². The van der Waals surface area contributed by atoms with E-state index in [0.717, 1.165) is 24.3 Å². The van der Waals surface area contributed by atoms with Gasteiger partial charge in [-0.05, 0) is 35.7 Å². The molecule has 0 unspecified atom stereocenters. The summed E-state index contributed by atoms with van der Waals surface area (Å²) in [4.78, 5) is 10.0. The van der Waals surface area contributed by atoms with Crippen LogP contribution in [0.25, 0.3) is 0 Å². The van der Waals surface area contributed by atoms with Gasteiger partial charge in [-0.25, -0.2) is 17.5 Å². The van der Waals surface area contributed by atoms with Gasteiger partial charge in [0.1, 0.15) is 5.82 Å².